The Bertz CT molecular complexity index is 1750. The smallest absolute Gasteiger partial charge is 0.226 e. The number of fused-ring (bicyclic) bond motifs is 7. The molecule has 1 amide bonds. The Kier molecular flexibility index (Phi) is 11.7. The van der Waals surface area contributed by atoms with E-state index < -0.39 is 42.7 Å². The third-order valence-corrected chi connectivity index (χ3v) is 19.1. The van der Waals surface area contributed by atoms with Gasteiger partial charge in [-0.15, -0.1) is 0 Å². The highest BCUT2D eigenvalue weighted by Crippen LogP contribution is 2.76. The minimum atomic E-state index is -1.45. The van der Waals surface area contributed by atoms with Crippen molar-refractivity contribution in [3.05, 3.63) is 40.9 Å². The van der Waals surface area contributed by atoms with Crippen molar-refractivity contribution in [3.8, 4) is 0 Å². The molecule has 10 nitrogen and oxygen atoms in total. The van der Waals surface area contributed by atoms with Crippen LogP contribution < -0.4 is 10.2 Å². The van der Waals surface area contributed by atoms with Crippen LogP contribution in [0.1, 0.15) is 113 Å². The molecule has 2 unspecified atom stereocenters. The van der Waals surface area contributed by atoms with Crippen molar-refractivity contribution in [1.82, 2.24) is 10.2 Å². The Labute approximate surface area is 358 Å². The van der Waals surface area contributed by atoms with Crippen molar-refractivity contribution in [1.29, 1.82) is 0 Å². The molecular formula is C48H74ClN3O7. The number of para-hydroxylation sites is 1. The van der Waals surface area contributed by atoms with Gasteiger partial charge in [-0.2, -0.15) is 0 Å². The summed E-state index contributed by atoms with van der Waals surface area (Å²) in [5.74, 6) is 1.51. The summed E-state index contributed by atoms with van der Waals surface area (Å²) in [4.78, 5) is 19.0. The van der Waals surface area contributed by atoms with Gasteiger partial charge >= 0.3 is 0 Å². The molecular weight excluding hydrogens is 766 g/mol. The molecule has 7 aliphatic rings. The number of ether oxygens (including phenoxy) is 2. The zero-order valence-electron chi connectivity index (χ0n) is 36.9. The van der Waals surface area contributed by atoms with Crippen molar-refractivity contribution >= 4 is 23.2 Å². The van der Waals surface area contributed by atoms with E-state index >= 15 is 0 Å². The lowest BCUT2D eigenvalue weighted by atomic mass is 9.33. The minimum Gasteiger partial charge on any atom is -0.394 e. The van der Waals surface area contributed by atoms with E-state index in [4.69, 9.17) is 21.1 Å². The summed E-state index contributed by atoms with van der Waals surface area (Å²) in [5, 5.41) is 45.7. The van der Waals surface area contributed by atoms with Crippen LogP contribution in [0.3, 0.4) is 0 Å². The van der Waals surface area contributed by atoms with E-state index in [1.165, 1.54) is 12.8 Å². The maximum Gasteiger partial charge on any atom is 0.226 e. The van der Waals surface area contributed by atoms with Crippen LogP contribution in [0.4, 0.5) is 5.69 Å². The van der Waals surface area contributed by atoms with E-state index in [1.54, 1.807) is 5.57 Å². The number of amides is 1. The lowest BCUT2D eigenvalue weighted by Gasteiger charge is -2.71. The molecule has 6 fully saturated rings. The fourth-order valence-corrected chi connectivity index (χ4v) is 14.8. The van der Waals surface area contributed by atoms with Crippen LogP contribution in [-0.4, -0.2) is 114 Å². The van der Waals surface area contributed by atoms with Crippen molar-refractivity contribution in [2.75, 3.05) is 50.8 Å². The van der Waals surface area contributed by atoms with Gasteiger partial charge in [-0.1, -0.05) is 83.8 Å². The molecule has 5 aliphatic carbocycles. The quantitative estimate of drug-likeness (QED) is 0.146. The predicted molar refractivity (Wildman–Crippen MR) is 231 cm³/mol. The van der Waals surface area contributed by atoms with Crippen LogP contribution >= 0.6 is 11.6 Å². The van der Waals surface area contributed by atoms with Crippen LogP contribution in [-0.2, 0) is 14.3 Å². The van der Waals surface area contributed by atoms with E-state index in [9.17, 15) is 25.2 Å². The highest BCUT2D eigenvalue weighted by molar-refractivity contribution is 6.33. The van der Waals surface area contributed by atoms with Crippen molar-refractivity contribution < 1.29 is 34.7 Å². The Hall–Kier alpha value is -1.76. The van der Waals surface area contributed by atoms with Gasteiger partial charge in [0.25, 0.3) is 0 Å². The number of nitrogens with one attached hydrogen (secondary N) is 1. The van der Waals surface area contributed by atoms with Gasteiger partial charge in [0, 0.05) is 44.7 Å². The molecule has 2 aliphatic heterocycles. The van der Waals surface area contributed by atoms with Gasteiger partial charge in [-0.05, 0) is 121 Å². The van der Waals surface area contributed by atoms with Gasteiger partial charge in [0.1, 0.15) is 24.4 Å². The fourth-order valence-electron chi connectivity index (χ4n) is 14.6. The molecule has 5 N–H and O–H groups in total. The number of carbonyl (C=O) groups excluding carboxylic acids is 1. The number of aliphatic hydroxyl groups is 4. The Morgan fingerprint density at radius 3 is 2.31 bits per heavy atom. The topological polar surface area (TPSA) is 135 Å². The standard InChI is InChI=1S/C48H74ClN3O7/c1-43(2)35-14-17-48(7)36(46(35,5)16-15-37(43)59-41-40(56)39(55)38(54)34(29-53)58-41)13-12-30-31-28-45(4,19-18-44(31,3)20-21-47(30,48)6)42(57)50-22-23-51-24-26-52(27-25-51)33-11-9-8-10-32(33)49/h8-12,31,34-41,53-56H,13-29H2,1-7H3,(H,50,57)/t31-,34+,35?,36+,37-,38+,39-,40+,41-,44+,45?,46-,47+,48+/m0/s1. The summed E-state index contributed by atoms with van der Waals surface area (Å²) in [6.45, 7) is 22.0. The average molecular weight is 841 g/mol. The Balaban J connectivity index is 0.936. The van der Waals surface area contributed by atoms with E-state index in [1.807, 2.05) is 18.2 Å². The third kappa shape index (κ3) is 7.14. The molecule has 0 bridgehead atoms. The molecule has 2 heterocycles. The monoisotopic (exact) mass is 840 g/mol. The van der Waals surface area contributed by atoms with Crippen molar-refractivity contribution in [2.24, 2.45) is 50.2 Å². The number of aliphatic hydroxyl groups excluding tert-OH is 4. The average Bonchev–Trinajstić information content (AvgIpc) is 3.20. The molecule has 59 heavy (non-hydrogen) atoms. The molecule has 4 saturated carbocycles. The van der Waals surface area contributed by atoms with Gasteiger partial charge in [0.2, 0.25) is 5.91 Å². The Morgan fingerprint density at radius 2 is 1.59 bits per heavy atom. The predicted octanol–water partition coefficient (Wildman–Crippen LogP) is 6.57. The summed E-state index contributed by atoms with van der Waals surface area (Å²) in [6, 6.07) is 8.07. The van der Waals surface area contributed by atoms with Crippen LogP contribution in [0.5, 0.6) is 0 Å². The van der Waals surface area contributed by atoms with Crippen molar-refractivity contribution in [2.45, 2.75) is 149 Å². The summed E-state index contributed by atoms with van der Waals surface area (Å²) in [7, 11) is 0. The number of allylic oxidation sites excluding steroid dienone is 2. The summed E-state index contributed by atoms with van der Waals surface area (Å²) >= 11 is 6.48. The number of rotatable bonds is 8. The van der Waals surface area contributed by atoms with Crippen LogP contribution in [0.2, 0.25) is 5.02 Å². The first-order valence-corrected chi connectivity index (χ1v) is 23.4. The number of hydrogen-bond acceptors (Lipinski definition) is 9. The fraction of sp³-hybridized carbons (Fsp3) is 0.812. The minimum absolute atomic E-state index is 0.0583. The molecule has 0 radical (unpaired) electrons. The number of hydrogen-bond donors (Lipinski definition) is 5. The van der Waals surface area contributed by atoms with E-state index in [0.29, 0.717) is 24.3 Å². The second-order valence-corrected chi connectivity index (χ2v) is 22.4. The number of benzene rings is 1. The second-order valence-electron chi connectivity index (χ2n) is 22.0. The maximum atomic E-state index is 14.2. The molecule has 14 atom stereocenters. The zero-order valence-corrected chi connectivity index (χ0v) is 37.6. The normalized spacial score (nSPS) is 45.9. The SMILES string of the molecule is CC1(C(=O)NCCN2CCN(c3ccccc3Cl)CC2)CC[C@]2(C)CC[C@]3(C)C(=CC[C@@H]4[C@@]5(C)CC[C@H](O[C@@H]6O[C@H](CO)[C@@H](O)[C@H](O)[C@H]6O)C(C)(C)C5CC[C@]43C)[C@@H]2C1. The number of piperazine rings is 1. The highest BCUT2D eigenvalue weighted by atomic mass is 35.5. The Morgan fingerprint density at radius 1 is 0.881 bits per heavy atom. The molecule has 0 aromatic heterocycles. The summed E-state index contributed by atoms with van der Waals surface area (Å²) in [6.07, 6.45) is 6.53. The highest BCUT2D eigenvalue weighted by Gasteiger charge is 2.68. The number of halogens is 1. The van der Waals surface area contributed by atoms with Gasteiger partial charge in [-0.3, -0.25) is 9.69 Å². The summed E-state index contributed by atoms with van der Waals surface area (Å²) in [5.41, 5.74) is 2.59. The van der Waals surface area contributed by atoms with E-state index in [2.05, 4.69) is 75.7 Å². The van der Waals surface area contributed by atoms with Gasteiger partial charge in [-0.25, -0.2) is 0 Å². The largest absolute Gasteiger partial charge is 0.394 e. The lowest BCUT2D eigenvalue weighted by Crippen LogP contribution is -2.65. The van der Waals surface area contributed by atoms with Crippen LogP contribution in [0.15, 0.2) is 35.9 Å². The van der Waals surface area contributed by atoms with E-state index in [-0.39, 0.29) is 39.1 Å². The van der Waals surface area contributed by atoms with E-state index in [0.717, 1.165) is 94.8 Å². The molecule has 1 aromatic rings. The molecule has 11 heteroatoms. The van der Waals surface area contributed by atoms with Gasteiger partial charge < -0.3 is 40.1 Å². The second kappa shape index (κ2) is 15.8. The van der Waals surface area contributed by atoms with Crippen LogP contribution in [0.25, 0.3) is 0 Å². The first-order chi connectivity index (χ1) is 27.8. The van der Waals surface area contributed by atoms with Gasteiger partial charge in [0.15, 0.2) is 6.29 Å². The van der Waals surface area contributed by atoms with Crippen LogP contribution in [0, 0.1) is 50.2 Å². The summed E-state index contributed by atoms with van der Waals surface area (Å²) < 4.78 is 12.4. The first kappa shape index (κ1) is 43.9. The molecule has 0 spiro atoms. The lowest BCUT2D eigenvalue weighted by molar-refractivity contribution is -0.330. The van der Waals surface area contributed by atoms with Crippen molar-refractivity contribution in [3.63, 3.8) is 0 Å². The van der Waals surface area contributed by atoms with Gasteiger partial charge in [0.05, 0.1) is 23.4 Å². The number of carbonyl (C=O) groups is 1. The molecule has 8 rings (SSSR count). The molecule has 1 aromatic carbocycles. The first-order valence-electron chi connectivity index (χ1n) is 23.0. The zero-order chi connectivity index (χ0) is 42.3. The maximum absolute atomic E-state index is 14.2. The third-order valence-electron chi connectivity index (χ3n) is 18.7. The molecule has 2 saturated heterocycles. The number of nitrogens with zero attached hydrogens (tertiary/aromatic N) is 2. The number of anilines is 1. The molecule has 330 valence electrons.